The fourth-order valence-electron chi connectivity index (χ4n) is 4.14. The van der Waals surface area contributed by atoms with Crippen LogP contribution in [-0.2, 0) is 9.53 Å². The minimum absolute atomic E-state index is 0.0235. The van der Waals surface area contributed by atoms with Gasteiger partial charge in [0.15, 0.2) is 23.0 Å². The summed E-state index contributed by atoms with van der Waals surface area (Å²) in [5.41, 5.74) is 0.587. The van der Waals surface area contributed by atoms with Gasteiger partial charge in [0.2, 0.25) is 5.78 Å². The Balaban J connectivity index is 1.79. The molecule has 8 heteroatoms. The van der Waals surface area contributed by atoms with Crippen LogP contribution in [0.2, 0.25) is 0 Å². The normalized spacial score (nSPS) is 21.1. The highest BCUT2D eigenvalue weighted by atomic mass is 16.5. The molecule has 1 aromatic carbocycles. The summed E-state index contributed by atoms with van der Waals surface area (Å²) in [7, 11) is 3.04. The van der Waals surface area contributed by atoms with Crippen LogP contribution in [0.25, 0.3) is 0 Å². The minimum Gasteiger partial charge on any atom is -0.503 e. The van der Waals surface area contributed by atoms with Crippen LogP contribution < -0.4 is 9.47 Å². The number of methoxy groups -OCH3 is 2. The molecule has 0 radical (unpaired) electrons. The molecule has 0 saturated carbocycles. The molecule has 1 amide bonds. The molecule has 0 bridgehead atoms. The number of hydrogen-bond acceptors (Lipinski definition) is 7. The van der Waals surface area contributed by atoms with Crippen LogP contribution in [-0.4, -0.2) is 55.2 Å². The number of ether oxygens (including phenoxy) is 3. The first-order chi connectivity index (χ1) is 14.9. The summed E-state index contributed by atoms with van der Waals surface area (Å²) in [6.45, 7) is 2.61. The number of aliphatic hydroxyl groups is 1. The number of carbonyl (C=O) groups excluding carboxylic acids is 2. The number of hydrogen-bond donors (Lipinski definition) is 1. The van der Waals surface area contributed by atoms with E-state index in [-0.39, 0.29) is 24.0 Å². The van der Waals surface area contributed by atoms with Gasteiger partial charge in [-0.25, -0.2) is 0 Å². The average Bonchev–Trinajstić information content (AvgIpc) is 3.50. The zero-order valence-electron chi connectivity index (χ0n) is 17.7. The Bertz CT molecular complexity index is 1030. The van der Waals surface area contributed by atoms with Gasteiger partial charge in [0, 0.05) is 13.2 Å². The van der Waals surface area contributed by atoms with Gasteiger partial charge in [-0.2, -0.15) is 0 Å². The number of ketones is 1. The Morgan fingerprint density at radius 1 is 1.19 bits per heavy atom. The third-order valence-corrected chi connectivity index (χ3v) is 5.66. The summed E-state index contributed by atoms with van der Waals surface area (Å²) >= 11 is 0. The van der Waals surface area contributed by atoms with E-state index in [4.69, 9.17) is 18.6 Å². The molecule has 164 valence electrons. The SMILES string of the molecule is COc1ccc([C@@H]2C(C(=O)c3ccc(C)o3)=C(O)C(=O)N2C[C@H]2CCCO2)cc1OC. The van der Waals surface area contributed by atoms with Crippen LogP contribution in [0.4, 0.5) is 0 Å². The lowest BCUT2D eigenvalue weighted by atomic mass is 9.94. The Hall–Kier alpha value is -3.26. The van der Waals surface area contributed by atoms with Crippen LogP contribution in [0, 0.1) is 6.92 Å². The van der Waals surface area contributed by atoms with Crippen molar-refractivity contribution in [2.45, 2.75) is 31.9 Å². The predicted molar refractivity (Wildman–Crippen MR) is 110 cm³/mol. The largest absolute Gasteiger partial charge is 0.503 e. The number of carbonyl (C=O) groups is 2. The fraction of sp³-hybridized carbons (Fsp3) is 0.391. The molecular formula is C23H25NO7. The van der Waals surface area contributed by atoms with Gasteiger partial charge in [-0.1, -0.05) is 6.07 Å². The number of Topliss-reactive ketones (excluding diaryl/α,β-unsaturated/α-hetero) is 1. The van der Waals surface area contributed by atoms with Crippen molar-refractivity contribution in [3.8, 4) is 11.5 Å². The van der Waals surface area contributed by atoms with Crippen molar-refractivity contribution in [2.24, 2.45) is 0 Å². The van der Waals surface area contributed by atoms with Gasteiger partial charge in [-0.3, -0.25) is 9.59 Å². The molecule has 0 unspecified atom stereocenters. The molecule has 3 heterocycles. The Labute approximate surface area is 180 Å². The number of benzene rings is 1. The third-order valence-electron chi connectivity index (χ3n) is 5.66. The van der Waals surface area contributed by atoms with Crippen LogP contribution >= 0.6 is 0 Å². The molecule has 8 nitrogen and oxygen atoms in total. The van der Waals surface area contributed by atoms with Crippen molar-refractivity contribution < 1.29 is 33.3 Å². The van der Waals surface area contributed by atoms with Gasteiger partial charge in [0.25, 0.3) is 5.91 Å². The molecule has 1 fully saturated rings. The lowest BCUT2D eigenvalue weighted by Gasteiger charge is -2.29. The first-order valence-corrected chi connectivity index (χ1v) is 10.1. The Kier molecular flexibility index (Phi) is 5.73. The van der Waals surface area contributed by atoms with E-state index >= 15 is 0 Å². The van der Waals surface area contributed by atoms with Crippen molar-refractivity contribution in [3.63, 3.8) is 0 Å². The van der Waals surface area contributed by atoms with Gasteiger partial charge in [-0.15, -0.1) is 0 Å². The highest BCUT2D eigenvalue weighted by Gasteiger charge is 2.45. The average molecular weight is 427 g/mol. The molecule has 2 aromatic rings. The molecule has 31 heavy (non-hydrogen) atoms. The summed E-state index contributed by atoms with van der Waals surface area (Å²) < 4.78 is 21.9. The van der Waals surface area contributed by atoms with Crippen molar-refractivity contribution in [3.05, 3.63) is 58.7 Å². The minimum atomic E-state index is -0.811. The van der Waals surface area contributed by atoms with Crippen molar-refractivity contribution >= 4 is 11.7 Å². The van der Waals surface area contributed by atoms with E-state index in [2.05, 4.69) is 0 Å². The van der Waals surface area contributed by atoms with E-state index in [0.717, 1.165) is 12.8 Å². The maximum Gasteiger partial charge on any atom is 0.290 e. The number of amides is 1. The van der Waals surface area contributed by atoms with Crippen molar-refractivity contribution in [2.75, 3.05) is 27.4 Å². The molecule has 2 atom stereocenters. The zero-order valence-corrected chi connectivity index (χ0v) is 17.7. The fourth-order valence-corrected chi connectivity index (χ4v) is 4.14. The summed E-state index contributed by atoms with van der Waals surface area (Å²) in [4.78, 5) is 27.8. The lowest BCUT2D eigenvalue weighted by Crippen LogP contribution is -2.37. The van der Waals surface area contributed by atoms with Crippen LogP contribution in [0.5, 0.6) is 11.5 Å². The maximum absolute atomic E-state index is 13.3. The quantitative estimate of drug-likeness (QED) is 0.677. The van der Waals surface area contributed by atoms with Gasteiger partial charge in [0.1, 0.15) is 5.76 Å². The third kappa shape index (κ3) is 3.79. The predicted octanol–water partition coefficient (Wildman–Crippen LogP) is 3.36. The topological polar surface area (TPSA) is 98.4 Å². The van der Waals surface area contributed by atoms with Crippen molar-refractivity contribution in [1.82, 2.24) is 4.90 Å². The molecule has 1 N–H and O–H groups in total. The van der Waals surface area contributed by atoms with Gasteiger partial charge in [0.05, 0.1) is 31.9 Å². The molecule has 0 aliphatic carbocycles. The number of aryl methyl sites for hydroxylation is 1. The summed E-state index contributed by atoms with van der Waals surface area (Å²) in [6, 6.07) is 7.56. The van der Waals surface area contributed by atoms with Crippen molar-refractivity contribution in [1.29, 1.82) is 0 Å². The molecular weight excluding hydrogens is 402 g/mol. The molecule has 1 saturated heterocycles. The second-order valence-electron chi connectivity index (χ2n) is 7.61. The van der Waals surface area contributed by atoms with E-state index in [1.54, 1.807) is 31.2 Å². The highest BCUT2D eigenvalue weighted by Crippen LogP contribution is 2.42. The smallest absolute Gasteiger partial charge is 0.290 e. The molecule has 2 aliphatic heterocycles. The Morgan fingerprint density at radius 2 is 1.97 bits per heavy atom. The zero-order chi connectivity index (χ0) is 22.1. The highest BCUT2D eigenvalue weighted by molar-refractivity contribution is 6.15. The first kappa shape index (κ1) is 21.0. The first-order valence-electron chi connectivity index (χ1n) is 10.1. The molecule has 2 aliphatic rings. The second-order valence-corrected chi connectivity index (χ2v) is 7.61. The second kappa shape index (κ2) is 8.47. The van der Waals surface area contributed by atoms with Gasteiger partial charge in [-0.05, 0) is 49.6 Å². The summed E-state index contributed by atoms with van der Waals surface area (Å²) in [6.07, 6.45) is 1.56. The molecule has 4 rings (SSSR count). The van der Waals surface area contributed by atoms with Crippen LogP contribution in [0.15, 0.2) is 46.1 Å². The van der Waals surface area contributed by atoms with Crippen LogP contribution in [0.3, 0.4) is 0 Å². The molecule has 1 aromatic heterocycles. The summed E-state index contributed by atoms with van der Waals surface area (Å²) in [5, 5.41) is 10.7. The number of furan rings is 1. The Morgan fingerprint density at radius 3 is 2.58 bits per heavy atom. The lowest BCUT2D eigenvalue weighted by molar-refractivity contribution is -0.131. The summed E-state index contributed by atoms with van der Waals surface area (Å²) in [5.74, 6) is -0.115. The van der Waals surface area contributed by atoms with E-state index in [9.17, 15) is 14.7 Å². The van der Waals surface area contributed by atoms with E-state index in [1.165, 1.54) is 25.2 Å². The number of aliphatic hydroxyl groups excluding tert-OH is 1. The van der Waals surface area contributed by atoms with Crippen LogP contribution in [0.1, 0.15) is 40.8 Å². The van der Waals surface area contributed by atoms with E-state index in [1.807, 2.05) is 0 Å². The van der Waals surface area contributed by atoms with E-state index in [0.29, 0.717) is 29.4 Å². The molecule has 0 spiro atoms. The van der Waals surface area contributed by atoms with Gasteiger partial charge < -0.3 is 28.6 Å². The van der Waals surface area contributed by atoms with Gasteiger partial charge >= 0.3 is 0 Å². The number of nitrogens with zero attached hydrogens (tertiary/aromatic N) is 1. The number of rotatable bonds is 7. The maximum atomic E-state index is 13.3. The van der Waals surface area contributed by atoms with E-state index < -0.39 is 23.5 Å². The standard InChI is InChI=1S/C23H25NO7/c1-13-6-8-17(31-13)21(25)19-20(14-7-9-16(28-2)18(11-14)29-3)24(23(27)22(19)26)12-15-5-4-10-30-15/h6-9,11,15,20,26H,4-5,10,12H2,1-3H3/t15-,20-/m1/s1. The monoisotopic (exact) mass is 427 g/mol.